The fourth-order valence-electron chi connectivity index (χ4n) is 2.62. The fourth-order valence-corrected chi connectivity index (χ4v) is 3.91. The molecule has 3 nitrogen and oxygen atoms in total. The van der Waals surface area contributed by atoms with Gasteiger partial charge in [-0.3, -0.25) is 4.79 Å². The van der Waals surface area contributed by atoms with Gasteiger partial charge in [0.15, 0.2) is 0 Å². The SMILES string of the molecule is Cc1cc(Br)ccc1SCC(=O)NC1(CO)CCCC1. The number of nitrogens with one attached hydrogen (secondary N) is 1. The number of carbonyl (C=O) groups excluding carboxylic acids is 1. The molecule has 2 N–H and O–H groups in total. The first-order chi connectivity index (χ1) is 9.54. The number of benzene rings is 1. The quantitative estimate of drug-likeness (QED) is 0.795. The van der Waals surface area contributed by atoms with E-state index >= 15 is 0 Å². The van der Waals surface area contributed by atoms with E-state index in [0.29, 0.717) is 5.75 Å². The van der Waals surface area contributed by atoms with Crippen molar-refractivity contribution in [2.24, 2.45) is 0 Å². The van der Waals surface area contributed by atoms with E-state index in [2.05, 4.69) is 21.2 Å². The molecule has 0 bridgehead atoms. The molecule has 1 saturated carbocycles. The summed E-state index contributed by atoms with van der Waals surface area (Å²) in [5.74, 6) is 0.401. The summed E-state index contributed by atoms with van der Waals surface area (Å²) in [5.41, 5.74) is 0.793. The maximum Gasteiger partial charge on any atom is 0.230 e. The Balaban J connectivity index is 1.89. The first-order valence-electron chi connectivity index (χ1n) is 6.85. The van der Waals surface area contributed by atoms with Crippen LogP contribution in [0.3, 0.4) is 0 Å². The average molecular weight is 358 g/mol. The molecule has 0 heterocycles. The van der Waals surface area contributed by atoms with Gasteiger partial charge in [-0.1, -0.05) is 28.8 Å². The molecule has 20 heavy (non-hydrogen) atoms. The maximum atomic E-state index is 12.1. The number of hydrogen-bond acceptors (Lipinski definition) is 3. The number of aliphatic hydroxyl groups is 1. The van der Waals surface area contributed by atoms with E-state index in [0.717, 1.165) is 40.6 Å². The predicted molar refractivity (Wildman–Crippen MR) is 86.0 cm³/mol. The van der Waals surface area contributed by atoms with Gasteiger partial charge in [-0.15, -0.1) is 11.8 Å². The highest BCUT2D eigenvalue weighted by atomic mass is 79.9. The summed E-state index contributed by atoms with van der Waals surface area (Å²) in [6.07, 6.45) is 3.94. The first kappa shape index (κ1) is 15.9. The van der Waals surface area contributed by atoms with Crippen LogP contribution in [-0.2, 0) is 4.79 Å². The molecule has 5 heteroatoms. The van der Waals surface area contributed by atoms with Crippen LogP contribution in [0.15, 0.2) is 27.6 Å². The molecule has 1 amide bonds. The van der Waals surface area contributed by atoms with Gasteiger partial charge < -0.3 is 10.4 Å². The molecule has 0 radical (unpaired) electrons. The average Bonchev–Trinajstić information content (AvgIpc) is 2.87. The van der Waals surface area contributed by atoms with Gasteiger partial charge in [-0.2, -0.15) is 0 Å². The second-order valence-electron chi connectivity index (χ2n) is 5.39. The highest BCUT2D eigenvalue weighted by Gasteiger charge is 2.34. The third-order valence-electron chi connectivity index (χ3n) is 3.76. The van der Waals surface area contributed by atoms with Crippen molar-refractivity contribution in [3.63, 3.8) is 0 Å². The molecule has 1 aromatic carbocycles. The molecule has 0 saturated heterocycles. The van der Waals surface area contributed by atoms with Crippen molar-refractivity contribution in [2.75, 3.05) is 12.4 Å². The van der Waals surface area contributed by atoms with E-state index < -0.39 is 0 Å². The Morgan fingerprint density at radius 3 is 2.75 bits per heavy atom. The Kier molecular flexibility index (Phi) is 5.52. The van der Waals surface area contributed by atoms with Crippen molar-refractivity contribution >= 4 is 33.6 Å². The van der Waals surface area contributed by atoms with Crippen molar-refractivity contribution in [3.05, 3.63) is 28.2 Å². The summed E-state index contributed by atoms with van der Waals surface area (Å²) in [6.45, 7) is 2.08. The summed E-state index contributed by atoms with van der Waals surface area (Å²) >= 11 is 4.98. The fraction of sp³-hybridized carbons (Fsp3) is 0.533. The molecule has 0 atom stereocenters. The topological polar surface area (TPSA) is 49.3 Å². The van der Waals surface area contributed by atoms with Gasteiger partial charge in [0.25, 0.3) is 0 Å². The number of carbonyl (C=O) groups is 1. The van der Waals surface area contributed by atoms with E-state index in [1.165, 1.54) is 0 Å². The van der Waals surface area contributed by atoms with Crippen LogP contribution in [0.25, 0.3) is 0 Å². The molecule has 0 aromatic heterocycles. The molecule has 0 aliphatic heterocycles. The minimum atomic E-state index is -0.369. The van der Waals surface area contributed by atoms with E-state index in [1.807, 2.05) is 25.1 Å². The summed E-state index contributed by atoms with van der Waals surface area (Å²) in [5, 5.41) is 12.5. The van der Waals surface area contributed by atoms with Crippen molar-refractivity contribution in [1.82, 2.24) is 5.32 Å². The van der Waals surface area contributed by atoms with Crippen molar-refractivity contribution in [1.29, 1.82) is 0 Å². The van der Waals surface area contributed by atoms with Crippen molar-refractivity contribution < 1.29 is 9.90 Å². The number of hydrogen-bond donors (Lipinski definition) is 2. The highest BCUT2D eigenvalue weighted by molar-refractivity contribution is 9.10. The molecule has 1 aliphatic carbocycles. The molecule has 1 aliphatic rings. The molecule has 110 valence electrons. The number of halogens is 1. The Hall–Kier alpha value is -0.520. The minimum Gasteiger partial charge on any atom is -0.394 e. The van der Waals surface area contributed by atoms with Crippen molar-refractivity contribution in [3.8, 4) is 0 Å². The monoisotopic (exact) mass is 357 g/mol. The van der Waals surface area contributed by atoms with Gasteiger partial charge in [0.05, 0.1) is 17.9 Å². The Morgan fingerprint density at radius 1 is 1.45 bits per heavy atom. The van der Waals surface area contributed by atoms with Crippen LogP contribution in [-0.4, -0.2) is 28.9 Å². The number of amides is 1. The smallest absolute Gasteiger partial charge is 0.230 e. The maximum absolute atomic E-state index is 12.1. The lowest BCUT2D eigenvalue weighted by Crippen LogP contribution is -2.49. The highest BCUT2D eigenvalue weighted by Crippen LogP contribution is 2.30. The van der Waals surface area contributed by atoms with Gasteiger partial charge in [0, 0.05) is 9.37 Å². The van der Waals surface area contributed by atoms with E-state index in [-0.39, 0.29) is 18.1 Å². The van der Waals surface area contributed by atoms with Gasteiger partial charge in [-0.25, -0.2) is 0 Å². The Bertz CT molecular complexity index is 487. The zero-order valence-electron chi connectivity index (χ0n) is 11.6. The number of aliphatic hydroxyl groups excluding tert-OH is 1. The number of aryl methyl sites for hydroxylation is 1. The van der Waals surface area contributed by atoms with Gasteiger partial charge >= 0.3 is 0 Å². The van der Waals surface area contributed by atoms with Crippen LogP contribution < -0.4 is 5.32 Å². The van der Waals surface area contributed by atoms with Crippen LogP contribution in [0.2, 0.25) is 0 Å². The molecule has 0 spiro atoms. The van der Waals surface area contributed by atoms with Gasteiger partial charge in [0.2, 0.25) is 5.91 Å². The molecular formula is C15H20BrNO2S. The second kappa shape index (κ2) is 6.96. The lowest BCUT2D eigenvalue weighted by molar-refractivity contribution is -0.121. The lowest BCUT2D eigenvalue weighted by Gasteiger charge is -2.27. The van der Waals surface area contributed by atoms with Crippen molar-refractivity contribution in [2.45, 2.75) is 43.0 Å². The molecule has 1 aromatic rings. The van der Waals surface area contributed by atoms with Gasteiger partial charge in [0.1, 0.15) is 0 Å². The Labute approximate surface area is 132 Å². The summed E-state index contributed by atoms with van der Waals surface area (Å²) < 4.78 is 1.05. The standard InChI is InChI=1S/C15H20BrNO2S/c1-11-8-12(16)4-5-13(11)20-9-14(19)17-15(10-18)6-2-3-7-15/h4-5,8,18H,2-3,6-7,9-10H2,1H3,(H,17,19). The van der Waals surface area contributed by atoms with E-state index in [9.17, 15) is 9.90 Å². The normalized spacial score (nSPS) is 17.1. The predicted octanol–water partition coefficient (Wildman–Crippen LogP) is 3.27. The van der Waals surface area contributed by atoms with Crippen LogP contribution in [0, 0.1) is 6.92 Å². The molecule has 1 fully saturated rings. The largest absolute Gasteiger partial charge is 0.394 e. The molecular weight excluding hydrogens is 338 g/mol. The first-order valence-corrected chi connectivity index (χ1v) is 8.63. The van der Waals surface area contributed by atoms with Crippen LogP contribution >= 0.6 is 27.7 Å². The lowest BCUT2D eigenvalue weighted by atomic mass is 9.99. The third kappa shape index (κ3) is 3.99. The van der Waals surface area contributed by atoms with Crippen LogP contribution in [0.5, 0.6) is 0 Å². The van der Waals surface area contributed by atoms with Gasteiger partial charge in [-0.05, 0) is 43.5 Å². The summed E-state index contributed by atoms with van der Waals surface area (Å²) in [4.78, 5) is 13.2. The summed E-state index contributed by atoms with van der Waals surface area (Å²) in [7, 11) is 0. The zero-order valence-corrected chi connectivity index (χ0v) is 14.0. The Morgan fingerprint density at radius 2 is 2.15 bits per heavy atom. The van der Waals surface area contributed by atoms with E-state index in [4.69, 9.17) is 0 Å². The molecule has 2 rings (SSSR count). The van der Waals surface area contributed by atoms with Crippen LogP contribution in [0.1, 0.15) is 31.2 Å². The molecule has 0 unspecified atom stereocenters. The minimum absolute atomic E-state index is 0.00766. The number of thioether (sulfide) groups is 1. The third-order valence-corrected chi connectivity index (χ3v) is 5.43. The van der Waals surface area contributed by atoms with Crippen LogP contribution in [0.4, 0.5) is 0 Å². The zero-order chi connectivity index (χ0) is 14.6. The van der Waals surface area contributed by atoms with E-state index in [1.54, 1.807) is 11.8 Å². The summed E-state index contributed by atoms with van der Waals surface area (Å²) in [6, 6.07) is 6.06. The number of rotatable bonds is 5. The second-order valence-corrected chi connectivity index (χ2v) is 7.33.